The maximum Gasteiger partial charge on any atom is 0.346 e. The fraction of sp³-hybridized carbons (Fsp3) is 0.833. The highest BCUT2D eigenvalue weighted by atomic mass is 35.5. The second-order valence-electron chi connectivity index (χ2n) is 3.41. The molecule has 7 nitrogen and oxygen atoms in total. The van der Waals surface area contributed by atoms with E-state index in [-0.39, 0.29) is 0 Å². The molecule has 0 N–H and O–H groups in total. The van der Waals surface area contributed by atoms with Gasteiger partial charge in [-0.3, -0.25) is 0 Å². The van der Waals surface area contributed by atoms with Crippen LogP contribution in [0.25, 0.3) is 0 Å². The van der Waals surface area contributed by atoms with E-state index >= 15 is 0 Å². The fourth-order valence-electron chi connectivity index (χ4n) is 1.78. The van der Waals surface area contributed by atoms with Gasteiger partial charge in [0.2, 0.25) is 10.4 Å². The van der Waals surface area contributed by atoms with Crippen LogP contribution in [0.5, 0.6) is 0 Å². The van der Waals surface area contributed by atoms with E-state index in [0.717, 1.165) is 0 Å². The lowest BCUT2D eigenvalue weighted by molar-refractivity contribution is -0.0327. The lowest BCUT2D eigenvalue weighted by atomic mass is 10.1. The van der Waals surface area contributed by atoms with Crippen molar-refractivity contribution in [3.8, 4) is 0 Å². The molecule has 15 heavy (non-hydrogen) atoms. The topological polar surface area (TPSA) is 90.0 Å². The Morgan fingerprint density at radius 2 is 2.13 bits per heavy atom. The first-order valence-corrected chi connectivity index (χ1v) is 6.05. The second-order valence-corrected chi connectivity index (χ2v) is 4.88. The van der Waals surface area contributed by atoms with Gasteiger partial charge in [-0.1, -0.05) is 11.6 Å². The lowest BCUT2D eigenvalue weighted by Gasteiger charge is -2.25. The zero-order valence-electron chi connectivity index (χ0n) is 7.50. The van der Waals surface area contributed by atoms with Gasteiger partial charge in [0.05, 0.1) is 6.04 Å². The summed E-state index contributed by atoms with van der Waals surface area (Å²) >= 11 is 5.84. The average Bonchev–Trinajstić information content (AvgIpc) is 2.35. The van der Waals surface area contributed by atoms with Crippen LogP contribution in [0, 0.1) is 0 Å². The SMILES string of the molecule is O=C1N2C[C@@H](CC[C@H]2Cl)N1OS(=O)(=O)[O-]. The molecule has 9 heteroatoms. The molecule has 0 aliphatic carbocycles. The Morgan fingerprint density at radius 3 is 2.67 bits per heavy atom. The lowest BCUT2D eigenvalue weighted by Crippen LogP contribution is -2.36. The summed E-state index contributed by atoms with van der Waals surface area (Å²) in [6.45, 7) is 0.294. The molecule has 0 radical (unpaired) electrons. The van der Waals surface area contributed by atoms with Gasteiger partial charge in [-0.05, 0) is 12.8 Å². The van der Waals surface area contributed by atoms with Crippen molar-refractivity contribution < 1.29 is 22.0 Å². The Kier molecular flexibility index (Phi) is 2.53. The maximum atomic E-state index is 11.5. The van der Waals surface area contributed by atoms with Crippen molar-refractivity contribution >= 4 is 28.0 Å². The molecule has 2 amide bonds. The first-order valence-electron chi connectivity index (χ1n) is 4.28. The number of piperidine rings is 1. The fourth-order valence-corrected chi connectivity index (χ4v) is 2.45. The zero-order valence-corrected chi connectivity index (χ0v) is 9.07. The Bertz CT molecular complexity index is 385. The van der Waals surface area contributed by atoms with Crippen molar-refractivity contribution in [1.29, 1.82) is 0 Å². The number of rotatable bonds is 2. The number of nitrogens with zero attached hydrogens (tertiary/aromatic N) is 2. The van der Waals surface area contributed by atoms with Gasteiger partial charge in [-0.15, -0.1) is 0 Å². The van der Waals surface area contributed by atoms with Crippen LogP contribution < -0.4 is 0 Å². The number of hydroxylamine groups is 2. The van der Waals surface area contributed by atoms with E-state index in [2.05, 4.69) is 4.28 Å². The maximum absolute atomic E-state index is 11.5. The second kappa shape index (κ2) is 3.48. The highest BCUT2D eigenvalue weighted by Gasteiger charge is 2.45. The van der Waals surface area contributed by atoms with Crippen molar-refractivity contribution in [2.45, 2.75) is 24.4 Å². The molecule has 0 saturated carbocycles. The minimum absolute atomic E-state index is 0.294. The van der Waals surface area contributed by atoms with E-state index in [9.17, 15) is 17.8 Å². The van der Waals surface area contributed by atoms with Gasteiger partial charge in [-0.2, -0.15) is 9.35 Å². The minimum atomic E-state index is -4.91. The number of hydrogen-bond acceptors (Lipinski definition) is 5. The predicted octanol–water partition coefficient (Wildman–Crippen LogP) is -0.157. The Labute approximate surface area is 91.4 Å². The van der Waals surface area contributed by atoms with E-state index in [1.165, 1.54) is 4.90 Å². The number of hydrogen-bond donors (Lipinski definition) is 0. The van der Waals surface area contributed by atoms with Crippen LogP contribution in [0.15, 0.2) is 0 Å². The minimum Gasteiger partial charge on any atom is -0.724 e. The van der Waals surface area contributed by atoms with Crippen LogP contribution in [0.3, 0.4) is 0 Å². The molecule has 2 saturated heterocycles. The molecule has 2 aliphatic heterocycles. The number of carbonyl (C=O) groups excluding carboxylic acids is 1. The van der Waals surface area contributed by atoms with Crippen LogP contribution in [0.4, 0.5) is 4.79 Å². The molecule has 86 valence electrons. The number of halogens is 1. The van der Waals surface area contributed by atoms with Crippen LogP contribution in [-0.2, 0) is 14.7 Å². The van der Waals surface area contributed by atoms with E-state index in [1.54, 1.807) is 0 Å². The summed E-state index contributed by atoms with van der Waals surface area (Å²) < 4.78 is 35.2. The van der Waals surface area contributed by atoms with E-state index < -0.39 is 28.0 Å². The highest BCUT2D eigenvalue weighted by molar-refractivity contribution is 7.80. The van der Waals surface area contributed by atoms with Crippen molar-refractivity contribution in [3.05, 3.63) is 0 Å². The highest BCUT2D eigenvalue weighted by Crippen LogP contribution is 2.31. The molecule has 0 spiro atoms. The Morgan fingerprint density at radius 1 is 1.47 bits per heavy atom. The average molecular weight is 256 g/mol. The van der Waals surface area contributed by atoms with Gasteiger partial charge in [0.25, 0.3) is 0 Å². The van der Waals surface area contributed by atoms with Crippen LogP contribution in [-0.4, -0.2) is 47.1 Å². The largest absolute Gasteiger partial charge is 0.724 e. The molecule has 0 aromatic rings. The molecule has 2 rings (SSSR count). The van der Waals surface area contributed by atoms with Gasteiger partial charge in [0, 0.05) is 6.54 Å². The monoisotopic (exact) mass is 255 g/mol. The van der Waals surface area contributed by atoms with Crippen molar-refractivity contribution in [2.24, 2.45) is 0 Å². The third-order valence-corrected chi connectivity index (χ3v) is 3.22. The summed E-state index contributed by atoms with van der Waals surface area (Å²) in [5, 5.41) is 0.602. The first kappa shape index (κ1) is 10.9. The van der Waals surface area contributed by atoms with Crippen molar-refractivity contribution in [1.82, 2.24) is 9.96 Å². The van der Waals surface area contributed by atoms with Gasteiger partial charge in [-0.25, -0.2) is 13.2 Å². The Hall–Kier alpha value is -0.570. The van der Waals surface area contributed by atoms with E-state index in [4.69, 9.17) is 11.6 Å². The number of fused-ring (bicyclic) bond motifs is 2. The van der Waals surface area contributed by atoms with E-state index in [1.807, 2.05) is 0 Å². The summed E-state index contributed by atoms with van der Waals surface area (Å²) in [6, 6.07) is -1.08. The van der Waals surface area contributed by atoms with Gasteiger partial charge < -0.3 is 9.45 Å². The molecule has 2 aliphatic rings. The standard InChI is InChI=1S/C6H9ClN2O5S/c7-5-2-1-4-3-8(5)6(10)9(4)14-15(11,12)13/h4-5H,1-3H2,(H,11,12,13)/p-1/t4-,5+/m1/s1. The smallest absolute Gasteiger partial charge is 0.346 e. The Balaban J connectivity index is 2.18. The zero-order chi connectivity index (χ0) is 11.2. The number of alkyl halides is 1. The summed E-state index contributed by atoms with van der Waals surface area (Å²) in [5.74, 6) is 0. The number of urea groups is 1. The summed E-state index contributed by atoms with van der Waals surface area (Å²) in [5.41, 5.74) is -0.461. The quantitative estimate of drug-likeness (QED) is 0.296. The summed E-state index contributed by atoms with van der Waals surface area (Å²) in [4.78, 5) is 12.8. The molecular formula is C6H8ClN2O5S-. The van der Waals surface area contributed by atoms with Crippen LogP contribution in [0.2, 0.25) is 0 Å². The van der Waals surface area contributed by atoms with Crippen LogP contribution in [0.1, 0.15) is 12.8 Å². The molecule has 2 fully saturated rings. The molecule has 0 unspecified atom stereocenters. The molecule has 2 atom stereocenters. The third kappa shape index (κ3) is 2.03. The van der Waals surface area contributed by atoms with E-state index in [0.29, 0.717) is 24.4 Å². The van der Waals surface area contributed by atoms with Gasteiger partial charge >= 0.3 is 6.03 Å². The number of amides is 2. The molecule has 0 aromatic heterocycles. The van der Waals surface area contributed by atoms with Crippen molar-refractivity contribution in [2.75, 3.05) is 6.54 Å². The molecule has 2 heterocycles. The van der Waals surface area contributed by atoms with Gasteiger partial charge in [0.15, 0.2) is 0 Å². The summed E-state index contributed by atoms with van der Waals surface area (Å²) in [6.07, 6.45) is 1.07. The summed E-state index contributed by atoms with van der Waals surface area (Å²) in [7, 11) is -4.91. The predicted molar refractivity (Wildman–Crippen MR) is 47.4 cm³/mol. The molecule has 2 bridgehead atoms. The first-order chi connectivity index (χ1) is 6.88. The molecule has 0 aromatic carbocycles. The van der Waals surface area contributed by atoms with Crippen LogP contribution >= 0.6 is 11.6 Å². The normalized spacial score (nSPS) is 31.2. The molecular weight excluding hydrogens is 248 g/mol. The number of carbonyl (C=O) groups is 1. The van der Waals surface area contributed by atoms with Gasteiger partial charge in [0.1, 0.15) is 5.50 Å². The van der Waals surface area contributed by atoms with Crippen molar-refractivity contribution in [3.63, 3.8) is 0 Å². The third-order valence-electron chi connectivity index (χ3n) is 2.42.